The number of H-pyrrole nitrogens is 1. The molecule has 1 fully saturated rings. The molecule has 0 radical (unpaired) electrons. The number of benzene rings is 1. The van der Waals surface area contributed by atoms with Gasteiger partial charge in [-0.25, -0.2) is 14.4 Å². The molecule has 0 amide bonds. The van der Waals surface area contributed by atoms with Crippen LogP contribution in [0.25, 0.3) is 21.8 Å². The van der Waals surface area contributed by atoms with Crippen LogP contribution >= 0.6 is 0 Å². The molecule has 3 aromatic heterocycles. The van der Waals surface area contributed by atoms with Gasteiger partial charge < -0.3 is 14.6 Å². The second-order valence-corrected chi connectivity index (χ2v) is 8.16. The maximum Gasteiger partial charge on any atom is 0.318 e. The van der Waals surface area contributed by atoms with Gasteiger partial charge in [-0.2, -0.15) is 4.98 Å². The molecule has 1 aromatic carbocycles. The highest BCUT2D eigenvalue weighted by molar-refractivity contribution is 5.92. The fraction of sp³-hybridized carbons (Fsp3) is 0.333. The molecule has 1 saturated heterocycles. The second kappa shape index (κ2) is 9.50. The highest BCUT2D eigenvalue weighted by Gasteiger charge is 2.19. The Morgan fingerprint density at radius 1 is 1.00 bits per heavy atom. The van der Waals surface area contributed by atoms with Crippen molar-refractivity contribution < 1.29 is 9.13 Å². The summed E-state index contributed by atoms with van der Waals surface area (Å²) >= 11 is 0. The molecule has 4 heterocycles. The minimum absolute atomic E-state index is 0.198. The number of unbranched alkanes of at least 4 members (excludes halogenated alkanes) is 1. The average Bonchev–Trinajstić information content (AvgIpc) is 2.83. The van der Waals surface area contributed by atoms with Crippen molar-refractivity contribution in [1.82, 2.24) is 24.8 Å². The zero-order valence-corrected chi connectivity index (χ0v) is 18.2. The highest BCUT2D eigenvalue weighted by Crippen LogP contribution is 2.26. The van der Waals surface area contributed by atoms with Crippen LogP contribution in [0.15, 0.2) is 53.6 Å². The molecule has 9 heteroatoms. The number of aromatic nitrogens is 4. The molecule has 4 aromatic rings. The van der Waals surface area contributed by atoms with Crippen molar-refractivity contribution in [2.75, 3.05) is 44.2 Å². The van der Waals surface area contributed by atoms with Crippen LogP contribution in [-0.2, 0) is 0 Å². The summed E-state index contributed by atoms with van der Waals surface area (Å²) in [5.74, 6) is 0.622. The van der Waals surface area contributed by atoms with Crippen molar-refractivity contribution in [2.45, 2.75) is 12.8 Å². The average molecular weight is 449 g/mol. The smallest absolute Gasteiger partial charge is 0.318 e. The Kier molecular flexibility index (Phi) is 6.12. The molecule has 0 spiro atoms. The number of ether oxygens (including phenoxy) is 1. The number of nitrogens with one attached hydrogen (secondary N) is 1. The third-order valence-electron chi connectivity index (χ3n) is 5.93. The quantitative estimate of drug-likeness (QED) is 0.435. The molecule has 1 N–H and O–H groups in total. The summed E-state index contributed by atoms with van der Waals surface area (Å²) in [4.78, 5) is 31.8. The van der Waals surface area contributed by atoms with E-state index >= 15 is 0 Å². The Bertz CT molecular complexity index is 1320. The number of hydrogen-bond acceptors (Lipinski definition) is 7. The molecule has 33 heavy (non-hydrogen) atoms. The van der Waals surface area contributed by atoms with Crippen LogP contribution in [0.2, 0.25) is 0 Å². The first-order chi connectivity index (χ1) is 16.2. The van der Waals surface area contributed by atoms with Crippen LogP contribution in [0.3, 0.4) is 0 Å². The van der Waals surface area contributed by atoms with Crippen molar-refractivity contribution in [3.05, 3.63) is 65.0 Å². The zero-order valence-electron chi connectivity index (χ0n) is 18.2. The first-order valence-electron chi connectivity index (χ1n) is 11.2. The molecular formula is C24H25FN6O2. The van der Waals surface area contributed by atoms with Crippen LogP contribution in [0.4, 0.5) is 10.2 Å². The third kappa shape index (κ3) is 4.93. The lowest BCUT2D eigenvalue weighted by molar-refractivity contribution is 0.234. The second-order valence-electron chi connectivity index (χ2n) is 8.16. The van der Waals surface area contributed by atoms with Crippen molar-refractivity contribution in [2.24, 2.45) is 0 Å². The normalized spacial score (nSPS) is 14.8. The van der Waals surface area contributed by atoms with Gasteiger partial charge in [-0.05, 0) is 49.0 Å². The molecule has 0 aliphatic carbocycles. The zero-order chi connectivity index (χ0) is 22.6. The van der Waals surface area contributed by atoms with Crippen LogP contribution < -0.4 is 15.2 Å². The lowest BCUT2D eigenvalue weighted by Crippen LogP contribution is -2.47. The molecule has 5 rings (SSSR count). The van der Waals surface area contributed by atoms with E-state index in [2.05, 4.69) is 29.7 Å². The maximum atomic E-state index is 13.8. The predicted octanol–water partition coefficient (Wildman–Crippen LogP) is 2.99. The fourth-order valence-corrected chi connectivity index (χ4v) is 4.15. The minimum atomic E-state index is -0.236. The lowest BCUT2D eigenvalue weighted by atomic mass is 10.1. The molecule has 0 atom stereocenters. The number of piperazine rings is 1. The van der Waals surface area contributed by atoms with Gasteiger partial charge in [0.1, 0.15) is 17.3 Å². The van der Waals surface area contributed by atoms with Gasteiger partial charge in [0.15, 0.2) is 0 Å². The van der Waals surface area contributed by atoms with Crippen LogP contribution in [-0.4, -0.2) is 64.2 Å². The Morgan fingerprint density at radius 3 is 2.73 bits per heavy atom. The number of hydrogen-bond donors (Lipinski definition) is 1. The number of rotatable bonds is 7. The van der Waals surface area contributed by atoms with Crippen LogP contribution in [0, 0.1) is 5.82 Å². The van der Waals surface area contributed by atoms with Gasteiger partial charge >= 0.3 is 6.01 Å². The molecule has 170 valence electrons. The van der Waals surface area contributed by atoms with Crippen molar-refractivity contribution in [3.63, 3.8) is 0 Å². The van der Waals surface area contributed by atoms with Crippen molar-refractivity contribution in [3.8, 4) is 6.01 Å². The van der Waals surface area contributed by atoms with E-state index in [0.717, 1.165) is 67.5 Å². The van der Waals surface area contributed by atoms with E-state index in [1.54, 1.807) is 30.6 Å². The van der Waals surface area contributed by atoms with E-state index < -0.39 is 0 Å². The van der Waals surface area contributed by atoms with Gasteiger partial charge in [-0.15, -0.1) is 0 Å². The standard InChI is InChI=1S/C24H25FN6O2/c25-19-5-3-17-7-8-26-23(20(17)15-19)31-12-10-30(11-13-31)9-1-2-14-33-24-27-16-18-4-6-21(32)28-22(18)29-24/h3-8,15-16H,1-2,9-14H2,(H,27,28,29,32). The number of aromatic amines is 1. The number of anilines is 1. The molecule has 1 aliphatic rings. The number of nitrogens with zero attached hydrogens (tertiary/aromatic N) is 5. The van der Waals surface area contributed by atoms with Gasteiger partial charge in [0.05, 0.1) is 6.61 Å². The van der Waals surface area contributed by atoms with E-state index in [4.69, 9.17) is 4.74 Å². The number of halogens is 1. The summed E-state index contributed by atoms with van der Waals surface area (Å²) in [5, 5.41) is 2.64. The third-order valence-corrected chi connectivity index (χ3v) is 5.93. The molecule has 0 unspecified atom stereocenters. The Labute approximate surface area is 190 Å². The molecule has 0 saturated carbocycles. The summed E-state index contributed by atoms with van der Waals surface area (Å²) in [6.07, 6.45) is 5.32. The summed E-state index contributed by atoms with van der Waals surface area (Å²) < 4.78 is 19.4. The van der Waals surface area contributed by atoms with Gasteiger partial charge in [0, 0.05) is 55.4 Å². The van der Waals surface area contributed by atoms with E-state index in [1.165, 1.54) is 12.1 Å². The lowest BCUT2D eigenvalue weighted by Gasteiger charge is -2.35. The van der Waals surface area contributed by atoms with Crippen molar-refractivity contribution >= 4 is 27.6 Å². The van der Waals surface area contributed by atoms with Gasteiger partial charge in [-0.3, -0.25) is 9.69 Å². The van der Waals surface area contributed by atoms with E-state index in [9.17, 15) is 9.18 Å². The Hall–Kier alpha value is -3.59. The van der Waals surface area contributed by atoms with Gasteiger partial charge in [0.25, 0.3) is 0 Å². The highest BCUT2D eigenvalue weighted by atomic mass is 19.1. The first kappa shape index (κ1) is 21.3. The fourth-order valence-electron chi connectivity index (χ4n) is 4.15. The summed E-state index contributed by atoms with van der Waals surface area (Å²) in [6, 6.07) is 10.2. The van der Waals surface area contributed by atoms with Crippen LogP contribution in [0.5, 0.6) is 6.01 Å². The monoisotopic (exact) mass is 448 g/mol. The summed E-state index contributed by atoms with van der Waals surface area (Å²) in [5.41, 5.74) is 0.282. The molecular weight excluding hydrogens is 423 g/mol. The van der Waals surface area contributed by atoms with E-state index in [-0.39, 0.29) is 17.4 Å². The molecule has 0 bridgehead atoms. The molecule has 8 nitrogen and oxygen atoms in total. The van der Waals surface area contributed by atoms with Crippen LogP contribution in [0.1, 0.15) is 12.8 Å². The predicted molar refractivity (Wildman–Crippen MR) is 125 cm³/mol. The first-order valence-corrected chi connectivity index (χ1v) is 11.2. The number of pyridine rings is 2. The topological polar surface area (TPSA) is 87.2 Å². The summed E-state index contributed by atoms with van der Waals surface area (Å²) in [6.45, 7) is 5.12. The van der Waals surface area contributed by atoms with Crippen molar-refractivity contribution in [1.29, 1.82) is 0 Å². The summed E-state index contributed by atoms with van der Waals surface area (Å²) in [7, 11) is 0. The van der Waals surface area contributed by atoms with Gasteiger partial charge in [0.2, 0.25) is 5.56 Å². The largest absolute Gasteiger partial charge is 0.463 e. The Balaban J connectivity index is 1.07. The molecule has 1 aliphatic heterocycles. The van der Waals surface area contributed by atoms with E-state index in [1.807, 2.05) is 6.07 Å². The minimum Gasteiger partial charge on any atom is -0.463 e. The Morgan fingerprint density at radius 2 is 1.85 bits per heavy atom. The maximum absolute atomic E-state index is 13.8. The number of fused-ring (bicyclic) bond motifs is 2. The SMILES string of the molecule is O=c1ccc2cnc(OCCCCN3CCN(c4nccc5ccc(F)cc45)CC3)nc2[nH]1. The van der Waals surface area contributed by atoms with Gasteiger partial charge in [-0.1, -0.05) is 6.07 Å². The van der Waals surface area contributed by atoms with E-state index in [0.29, 0.717) is 12.3 Å².